The van der Waals surface area contributed by atoms with Crippen molar-refractivity contribution in [3.63, 3.8) is 0 Å². The van der Waals surface area contributed by atoms with Crippen molar-refractivity contribution in [1.29, 1.82) is 0 Å². The lowest BCUT2D eigenvalue weighted by Crippen LogP contribution is -2.36. The monoisotopic (exact) mass is 439 g/mol. The molecule has 0 radical (unpaired) electrons. The van der Waals surface area contributed by atoms with Crippen LogP contribution < -0.4 is 15.4 Å². The van der Waals surface area contributed by atoms with E-state index in [1.807, 2.05) is 49.7 Å². The highest BCUT2D eigenvalue weighted by Gasteiger charge is 2.14. The van der Waals surface area contributed by atoms with Crippen molar-refractivity contribution in [3.05, 3.63) is 76.1 Å². The van der Waals surface area contributed by atoms with Crippen LogP contribution in [0.1, 0.15) is 34.2 Å². The summed E-state index contributed by atoms with van der Waals surface area (Å²) in [6.07, 6.45) is 0. The lowest BCUT2D eigenvalue weighted by molar-refractivity contribution is 0.0977. The Morgan fingerprint density at radius 1 is 1.16 bits per heavy atom. The number of para-hydroxylation sites is 2. The molecule has 0 aliphatic heterocycles. The summed E-state index contributed by atoms with van der Waals surface area (Å²) >= 11 is 5.93. The molecule has 2 aromatic carbocycles. The van der Waals surface area contributed by atoms with Gasteiger partial charge < -0.3 is 10.1 Å². The number of rotatable bonds is 6. The molecule has 3 rings (SSSR count). The van der Waals surface area contributed by atoms with E-state index in [9.17, 15) is 4.79 Å². The van der Waals surface area contributed by atoms with Crippen LogP contribution in [0.4, 0.5) is 5.69 Å². The lowest BCUT2D eigenvalue weighted by atomic mass is 10.2. The Morgan fingerprint density at radius 3 is 2.52 bits per heavy atom. The molecule has 0 aliphatic rings. The molecule has 0 atom stereocenters. The van der Waals surface area contributed by atoms with Gasteiger partial charge in [0.15, 0.2) is 0 Å². The van der Waals surface area contributed by atoms with Crippen LogP contribution in [0, 0.1) is 13.8 Å². The van der Waals surface area contributed by atoms with Gasteiger partial charge >= 0.3 is 0 Å². The Labute approximate surface area is 187 Å². The predicted octanol–water partition coefficient (Wildman–Crippen LogP) is 4.58. The number of carbonyl (C=O) groups excluding carboxylic acids is 1. The number of aliphatic imine (C=N–C) groups is 1. The highest BCUT2D eigenvalue weighted by atomic mass is 35.5. The molecular formula is C23H26ClN5O2. The molecule has 0 unspecified atom stereocenters. The van der Waals surface area contributed by atoms with E-state index in [1.165, 1.54) is 0 Å². The zero-order valence-corrected chi connectivity index (χ0v) is 18.8. The molecule has 1 amide bonds. The topological polar surface area (TPSA) is 80.5 Å². The Bertz CT molecular complexity index is 1090. The van der Waals surface area contributed by atoms with E-state index >= 15 is 0 Å². The zero-order valence-electron chi connectivity index (χ0n) is 18.1. The van der Waals surface area contributed by atoms with Gasteiger partial charge in [0.05, 0.1) is 25.0 Å². The molecule has 0 aliphatic carbocycles. The first kappa shape index (κ1) is 22.4. The van der Waals surface area contributed by atoms with Gasteiger partial charge in [-0.25, -0.2) is 4.99 Å². The van der Waals surface area contributed by atoms with Gasteiger partial charge in [-0.1, -0.05) is 23.7 Å². The fourth-order valence-electron chi connectivity index (χ4n) is 3.20. The predicted molar refractivity (Wildman–Crippen MR) is 124 cm³/mol. The summed E-state index contributed by atoms with van der Waals surface area (Å²) in [4.78, 5) is 17.4. The maximum Gasteiger partial charge on any atom is 0.257 e. The van der Waals surface area contributed by atoms with Crippen LogP contribution >= 0.6 is 11.6 Å². The number of guanidine groups is 1. The molecule has 0 spiro atoms. The minimum atomic E-state index is -0.296. The average molecular weight is 440 g/mol. The number of aromatic nitrogens is 2. The first-order chi connectivity index (χ1) is 14.9. The number of ether oxygens (including phenoxy) is 1. The number of aryl methyl sites for hydroxylation is 2. The number of carbonyl (C=O) groups is 1. The molecule has 0 saturated heterocycles. The second-order valence-electron chi connectivity index (χ2n) is 6.92. The molecule has 0 bridgehead atoms. The number of nitrogens with one attached hydrogen (secondary N) is 2. The van der Waals surface area contributed by atoms with Gasteiger partial charge in [-0.3, -0.25) is 14.8 Å². The number of hydrogen-bond acceptors (Lipinski definition) is 4. The molecular weight excluding hydrogens is 414 g/mol. The molecule has 1 aromatic heterocycles. The van der Waals surface area contributed by atoms with Gasteiger partial charge in [0, 0.05) is 28.4 Å². The zero-order chi connectivity index (χ0) is 22.4. The summed E-state index contributed by atoms with van der Waals surface area (Å²) in [5.74, 6) is 0.658. The Kier molecular flexibility index (Phi) is 7.31. The van der Waals surface area contributed by atoms with E-state index in [-0.39, 0.29) is 5.91 Å². The van der Waals surface area contributed by atoms with Gasteiger partial charge in [0.2, 0.25) is 5.96 Å². The smallest absolute Gasteiger partial charge is 0.257 e. The number of anilines is 1. The maximum atomic E-state index is 12.8. The van der Waals surface area contributed by atoms with Crippen LogP contribution in [0.2, 0.25) is 5.02 Å². The Morgan fingerprint density at radius 2 is 1.87 bits per heavy atom. The third-order valence-electron chi connectivity index (χ3n) is 4.92. The van der Waals surface area contributed by atoms with Crippen LogP contribution in [0.3, 0.4) is 0 Å². The van der Waals surface area contributed by atoms with Crippen LogP contribution in [0.15, 0.2) is 53.5 Å². The van der Waals surface area contributed by atoms with Gasteiger partial charge in [-0.05, 0) is 57.2 Å². The van der Waals surface area contributed by atoms with Crippen LogP contribution in [-0.2, 0) is 13.1 Å². The van der Waals surface area contributed by atoms with E-state index in [1.54, 1.807) is 31.4 Å². The fourth-order valence-corrected chi connectivity index (χ4v) is 3.32. The summed E-state index contributed by atoms with van der Waals surface area (Å²) < 4.78 is 7.35. The highest BCUT2D eigenvalue weighted by molar-refractivity contribution is 6.30. The number of halogens is 1. The molecule has 7 nitrogen and oxygen atoms in total. The van der Waals surface area contributed by atoms with Gasteiger partial charge in [0.25, 0.3) is 5.91 Å². The van der Waals surface area contributed by atoms with Crippen molar-refractivity contribution in [2.24, 2.45) is 4.99 Å². The van der Waals surface area contributed by atoms with Crippen molar-refractivity contribution >= 4 is 29.2 Å². The summed E-state index contributed by atoms with van der Waals surface area (Å²) in [6, 6.07) is 14.1. The summed E-state index contributed by atoms with van der Waals surface area (Å²) in [5.41, 5.74) is 4.18. The van der Waals surface area contributed by atoms with Gasteiger partial charge in [-0.2, -0.15) is 5.10 Å². The fraction of sp³-hybridized carbons (Fsp3) is 0.261. The van der Waals surface area contributed by atoms with E-state index in [0.717, 1.165) is 23.5 Å². The number of hydrogen-bond donors (Lipinski definition) is 2. The molecule has 162 valence electrons. The molecule has 0 fully saturated rings. The Balaban J connectivity index is 1.89. The van der Waals surface area contributed by atoms with Gasteiger partial charge in [0.1, 0.15) is 5.75 Å². The largest absolute Gasteiger partial charge is 0.495 e. The van der Waals surface area contributed by atoms with Crippen LogP contribution in [0.5, 0.6) is 5.75 Å². The summed E-state index contributed by atoms with van der Waals surface area (Å²) in [5, 5.41) is 11.1. The van der Waals surface area contributed by atoms with E-state index < -0.39 is 0 Å². The molecule has 0 saturated carbocycles. The first-order valence-electron chi connectivity index (χ1n) is 9.97. The summed E-state index contributed by atoms with van der Waals surface area (Å²) in [7, 11) is 1.59. The van der Waals surface area contributed by atoms with E-state index in [2.05, 4.69) is 20.7 Å². The first-order valence-corrected chi connectivity index (χ1v) is 10.3. The van der Waals surface area contributed by atoms with Gasteiger partial charge in [-0.15, -0.1) is 0 Å². The molecule has 8 heteroatoms. The van der Waals surface area contributed by atoms with Crippen molar-refractivity contribution in [2.45, 2.75) is 33.9 Å². The third-order valence-corrected chi connectivity index (χ3v) is 5.18. The van der Waals surface area contributed by atoms with E-state index in [4.69, 9.17) is 16.3 Å². The number of benzene rings is 2. The van der Waals surface area contributed by atoms with Crippen molar-refractivity contribution in [1.82, 2.24) is 15.1 Å². The van der Waals surface area contributed by atoms with E-state index in [0.29, 0.717) is 34.5 Å². The number of methoxy groups -OCH3 is 1. The third kappa shape index (κ3) is 5.44. The molecule has 2 N–H and O–H groups in total. The minimum Gasteiger partial charge on any atom is -0.495 e. The highest BCUT2D eigenvalue weighted by Crippen LogP contribution is 2.23. The van der Waals surface area contributed by atoms with Crippen LogP contribution in [-0.4, -0.2) is 28.8 Å². The molecule has 3 aromatic rings. The minimum absolute atomic E-state index is 0.296. The molecule has 1 heterocycles. The quantitative estimate of drug-likeness (QED) is 0.435. The second kappa shape index (κ2) is 10.1. The van der Waals surface area contributed by atoms with Crippen molar-refractivity contribution in [3.8, 4) is 5.75 Å². The number of amides is 1. The number of nitrogens with zero attached hydrogens (tertiary/aromatic N) is 3. The maximum absolute atomic E-state index is 12.8. The summed E-state index contributed by atoms with van der Waals surface area (Å²) in [6.45, 7) is 7.19. The lowest BCUT2D eigenvalue weighted by Gasteiger charge is -2.14. The average Bonchev–Trinajstić information content (AvgIpc) is 3.05. The second-order valence-corrected chi connectivity index (χ2v) is 7.35. The van der Waals surface area contributed by atoms with Crippen molar-refractivity contribution < 1.29 is 9.53 Å². The van der Waals surface area contributed by atoms with Crippen LogP contribution in [0.25, 0.3) is 0 Å². The Hall–Kier alpha value is -3.32. The SMILES string of the molecule is CCn1nc(C)c(CN=C(NC(=O)c2ccc(Cl)cc2)Nc2ccccc2OC)c1C. The molecule has 31 heavy (non-hydrogen) atoms. The van der Waals surface area contributed by atoms with Crippen molar-refractivity contribution in [2.75, 3.05) is 12.4 Å². The normalized spacial score (nSPS) is 11.3. The standard InChI is InChI=1S/C23H26ClN5O2/c1-5-29-16(3)19(15(2)28-29)14-25-23(26-20-8-6-7-9-21(20)31-4)27-22(30)17-10-12-18(24)13-11-17/h6-13H,5,14H2,1-4H3,(H2,25,26,27,30).